The minimum atomic E-state index is -1.49. The number of carbonyl (C=O) groups excluding carboxylic acids is 1. The van der Waals surface area contributed by atoms with Crippen LogP contribution in [-0.4, -0.2) is 66.1 Å². The molecule has 0 aromatic heterocycles. The monoisotopic (exact) mass is 468 g/mol. The number of benzene rings is 2. The predicted octanol–water partition coefficient (Wildman–Crippen LogP) is 3.73. The molecule has 3 rings (SSSR count). The van der Waals surface area contributed by atoms with Gasteiger partial charge in [0.05, 0.1) is 14.9 Å². The molecule has 1 heterocycles. The van der Waals surface area contributed by atoms with Gasteiger partial charge >= 0.3 is 0 Å². The number of rotatable bonds is 7. The second kappa shape index (κ2) is 10.6. The fourth-order valence-corrected chi connectivity index (χ4v) is 4.78. The van der Waals surface area contributed by atoms with Crippen molar-refractivity contribution in [2.45, 2.75) is 11.3 Å². The second-order valence-electron chi connectivity index (χ2n) is 7.29. The molecule has 1 aliphatic heterocycles. The third kappa shape index (κ3) is 5.95. The van der Waals surface area contributed by atoms with Gasteiger partial charge in [0, 0.05) is 57.6 Å². The zero-order valence-corrected chi connectivity index (χ0v) is 19.4. The van der Waals surface area contributed by atoms with Gasteiger partial charge in [0.15, 0.2) is 0 Å². The quantitative estimate of drug-likeness (QED) is 0.672. The van der Waals surface area contributed by atoms with E-state index in [0.29, 0.717) is 16.5 Å². The molecule has 0 spiro atoms. The first-order valence-electron chi connectivity index (χ1n) is 9.75. The number of nitrogens with one attached hydrogen (secondary N) is 1. The third-order valence-corrected chi connectivity index (χ3v) is 7.46. The van der Waals surface area contributed by atoms with Gasteiger partial charge in [-0.3, -0.25) is 4.79 Å². The molecule has 0 aliphatic carbocycles. The summed E-state index contributed by atoms with van der Waals surface area (Å²) in [5, 5.41) is 3.52. The van der Waals surface area contributed by atoms with Gasteiger partial charge in [-0.15, -0.1) is 0 Å². The van der Waals surface area contributed by atoms with Gasteiger partial charge in [-0.05, 0) is 43.4 Å². The number of carbonyl (C=O) groups is 1. The average Bonchev–Trinajstić information content (AvgIpc) is 2.74. The SMILES string of the molecule is CN1CCN(c2ccc(NC(=O)CCN(C)S(=O)c3cccc(Cl)c3Cl)cc2)CC1. The van der Waals surface area contributed by atoms with E-state index in [0.717, 1.165) is 37.6 Å². The lowest BCUT2D eigenvalue weighted by molar-refractivity contribution is -0.116. The molecule has 30 heavy (non-hydrogen) atoms. The van der Waals surface area contributed by atoms with Crippen LogP contribution in [0.4, 0.5) is 11.4 Å². The van der Waals surface area contributed by atoms with Crippen LogP contribution in [0.15, 0.2) is 47.4 Å². The summed E-state index contributed by atoms with van der Waals surface area (Å²) in [6, 6.07) is 12.9. The summed E-state index contributed by atoms with van der Waals surface area (Å²) >= 11 is 12.1. The average molecular weight is 469 g/mol. The van der Waals surface area contributed by atoms with Crippen molar-refractivity contribution in [3.05, 3.63) is 52.5 Å². The lowest BCUT2D eigenvalue weighted by Crippen LogP contribution is -2.44. The van der Waals surface area contributed by atoms with Crippen LogP contribution in [0, 0.1) is 0 Å². The Morgan fingerprint density at radius 2 is 1.77 bits per heavy atom. The summed E-state index contributed by atoms with van der Waals surface area (Å²) in [6.07, 6.45) is 0.209. The van der Waals surface area contributed by atoms with Crippen molar-refractivity contribution in [3.8, 4) is 0 Å². The number of nitrogens with zero attached hydrogens (tertiary/aromatic N) is 3. The largest absolute Gasteiger partial charge is 0.369 e. The van der Waals surface area contributed by atoms with E-state index in [1.165, 1.54) is 0 Å². The first-order valence-corrected chi connectivity index (χ1v) is 11.6. The standard InChI is InChI=1S/C21H26Cl2N4O2S/c1-25-12-14-27(15-13-25)17-8-6-16(7-9-17)24-20(28)10-11-26(2)30(29)19-5-3-4-18(22)21(19)23/h3-9H,10-15H2,1-2H3,(H,24,28). The molecule has 2 aromatic carbocycles. The summed E-state index contributed by atoms with van der Waals surface area (Å²) in [7, 11) is 2.32. The summed E-state index contributed by atoms with van der Waals surface area (Å²) in [4.78, 5) is 17.4. The van der Waals surface area contributed by atoms with E-state index in [-0.39, 0.29) is 17.4 Å². The summed E-state index contributed by atoms with van der Waals surface area (Å²) in [6.45, 7) is 4.42. The molecule has 0 bridgehead atoms. The van der Waals surface area contributed by atoms with Crippen LogP contribution < -0.4 is 10.2 Å². The van der Waals surface area contributed by atoms with E-state index in [1.54, 1.807) is 29.6 Å². The molecule has 1 amide bonds. The van der Waals surface area contributed by atoms with Gasteiger partial charge < -0.3 is 15.1 Å². The van der Waals surface area contributed by atoms with Crippen LogP contribution in [0.3, 0.4) is 0 Å². The molecule has 1 atom stereocenters. The van der Waals surface area contributed by atoms with Crippen LogP contribution in [0.2, 0.25) is 10.0 Å². The second-order valence-corrected chi connectivity index (χ2v) is 9.63. The first kappa shape index (κ1) is 23.0. The topological polar surface area (TPSA) is 55.9 Å². The fraction of sp³-hybridized carbons (Fsp3) is 0.381. The van der Waals surface area contributed by atoms with E-state index in [4.69, 9.17) is 23.2 Å². The maximum absolute atomic E-state index is 12.7. The summed E-state index contributed by atoms with van der Waals surface area (Å²) in [5.74, 6) is -0.136. The molecule has 9 heteroatoms. The molecule has 0 radical (unpaired) electrons. The Balaban J connectivity index is 1.49. The number of amides is 1. The fourth-order valence-electron chi connectivity index (χ4n) is 3.17. The summed E-state index contributed by atoms with van der Waals surface area (Å²) in [5.41, 5.74) is 1.91. The molecule has 1 saturated heterocycles. The highest BCUT2D eigenvalue weighted by atomic mass is 35.5. The van der Waals surface area contributed by atoms with Crippen molar-refractivity contribution >= 4 is 51.5 Å². The highest BCUT2D eigenvalue weighted by Gasteiger charge is 2.17. The molecule has 1 aliphatic rings. The predicted molar refractivity (Wildman–Crippen MR) is 125 cm³/mol. The normalized spacial score (nSPS) is 16.0. The van der Waals surface area contributed by atoms with Gasteiger partial charge in [0.25, 0.3) is 0 Å². The van der Waals surface area contributed by atoms with Gasteiger partial charge in [-0.2, -0.15) is 0 Å². The van der Waals surface area contributed by atoms with Crippen LogP contribution in [-0.2, 0) is 15.8 Å². The smallest absolute Gasteiger partial charge is 0.225 e. The molecular formula is C21H26Cl2N4O2S. The third-order valence-electron chi connectivity index (χ3n) is 5.06. The summed E-state index contributed by atoms with van der Waals surface area (Å²) < 4.78 is 14.2. The van der Waals surface area contributed by atoms with Crippen molar-refractivity contribution in [3.63, 3.8) is 0 Å². The van der Waals surface area contributed by atoms with E-state index in [1.807, 2.05) is 24.3 Å². The number of halogens is 2. The van der Waals surface area contributed by atoms with E-state index < -0.39 is 11.0 Å². The number of likely N-dealkylation sites (N-methyl/N-ethyl adjacent to an activating group) is 1. The molecule has 1 N–H and O–H groups in total. The number of anilines is 2. The van der Waals surface area contributed by atoms with Gasteiger partial charge in [0.1, 0.15) is 11.0 Å². The van der Waals surface area contributed by atoms with Crippen molar-refractivity contribution in [1.82, 2.24) is 9.21 Å². The van der Waals surface area contributed by atoms with Crippen LogP contribution in [0.25, 0.3) is 0 Å². The maximum Gasteiger partial charge on any atom is 0.225 e. The van der Waals surface area contributed by atoms with Gasteiger partial charge in [-0.1, -0.05) is 29.3 Å². The highest BCUT2D eigenvalue weighted by Crippen LogP contribution is 2.28. The molecule has 6 nitrogen and oxygen atoms in total. The molecule has 162 valence electrons. The van der Waals surface area contributed by atoms with Crippen LogP contribution >= 0.6 is 23.2 Å². The minimum Gasteiger partial charge on any atom is -0.369 e. The van der Waals surface area contributed by atoms with Crippen LogP contribution in [0.1, 0.15) is 6.42 Å². The van der Waals surface area contributed by atoms with E-state index >= 15 is 0 Å². The number of piperazine rings is 1. The molecular weight excluding hydrogens is 443 g/mol. The van der Waals surface area contributed by atoms with Crippen molar-refractivity contribution in [2.75, 3.05) is 57.0 Å². The Kier molecular flexibility index (Phi) is 8.13. The highest BCUT2D eigenvalue weighted by molar-refractivity contribution is 7.82. The molecule has 2 aromatic rings. The van der Waals surface area contributed by atoms with Crippen molar-refractivity contribution < 1.29 is 9.00 Å². The molecule has 0 saturated carbocycles. The van der Waals surface area contributed by atoms with E-state index in [2.05, 4.69) is 22.2 Å². The minimum absolute atomic E-state index is 0.136. The zero-order chi connectivity index (χ0) is 21.7. The zero-order valence-electron chi connectivity index (χ0n) is 17.1. The Hall–Kier alpha value is -1.64. The van der Waals surface area contributed by atoms with Crippen molar-refractivity contribution in [1.29, 1.82) is 0 Å². The molecule has 1 fully saturated rings. The first-order chi connectivity index (χ1) is 14.3. The number of hydrogen-bond acceptors (Lipinski definition) is 4. The van der Waals surface area contributed by atoms with Crippen molar-refractivity contribution in [2.24, 2.45) is 0 Å². The maximum atomic E-state index is 12.7. The Labute approximate surface area is 190 Å². The Morgan fingerprint density at radius 1 is 1.10 bits per heavy atom. The number of hydrogen-bond donors (Lipinski definition) is 1. The lowest BCUT2D eigenvalue weighted by Gasteiger charge is -2.34. The van der Waals surface area contributed by atoms with Gasteiger partial charge in [-0.25, -0.2) is 8.51 Å². The molecule has 1 unspecified atom stereocenters. The Morgan fingerprint density at radius 3 is 2.43 bits per heavy atom. The van der Waals surface area contributed by atoms with E-state index in [9.17, 15) is 9.00 Å². The lowest BCUT2D eigenvalue weighted by atomic mass is 10.2. The van der Waals surface area contributed by atoms with Gasteiger partial charge in [0.2, 0.25) is 5.91 Å². The van der Waals surface area contributed by atoms with Crippen LogP contribution in [0.5, 0.6) is 0 Å². The Bertz CT molecular complexity index is 902.